The number of nitrogens with two attached hydrogens (primary N) is 2. The van der Waals surface area contributed by atoms with E-state index in [4.69, 9.17) is 11.5 Å². The van der Waals surface area contributed by atoms with Gasteiger partial charge in [-0.05, 0) is 0 Å². The van der Waals surface area contributed by atoms with Crippen molar-refractivity contribution >= 4 is 5.82 Å². The SMILES string of the molecule is NCc1c(OC(F)(F)F)cnc(N)c1C(F)F. The largest absolute Gasteiger partial charge is 0.573 e. The molecule has 0 radical (unpaired) electrons. The highest BCUT2D eigenvalue weighted by Gasteiger charge is 2.33. The van der Waals surface area contributed by atoms with Gasteiger partial charge in [0.05, 0.1) is 11.8 Å². The lowest BCUT2D eigenvalue weighted by molar-refractivity contribution is -0.275. The summed E-state index contributed by atoms with van der Waals surface area (Å²) in [5.41, 5.74) is 8.91. The molecule has 96 valence electrons. The Bertz CT molecular complexity index is 407. The van der Waals surface area contributed by atoms with E-state index in [2.05, 4.69) is 9.72 Å². The van der Waals surface area contributed by atoms with E-state index in [0.717, 1.165) is 0 Å². The first kappa shape index (κ1) is 13.4. The molecule has 0 bridgehead atoms. The molecule has 0 spiro atoms. The normalized spacial score (nSPS) is 11.9. The second-order valence-electron chi connectivity index (χ2n) is 2.95. The standard InChI is InChI=1S/C8H8F5N3O/c9-6(10)5-3(1-14)4(2-16-7(5)15)17-8(11,12)13/h2,6H,1,14H2,(H2,15,16). The number of nitrogen functional groups attached to an aromatic ring is 1. The molecule has 1 aromatic heterocycles. The number of pyridine rings is 1. The Morgan fingerprint density at radius 2 is 1.94 bits per heavy atom. The molecule has 0 fully saturated rings. The van der Waals surface area contributed by atoms with Gasteiger partial charge in [-0.3, -0.25) is 0 Å². The minimum Gasteiger partial charge on any atom is -0.404 e. The van der Waals surface area contributed by atoms with Gasteiger partial charge in [0, 0.05) is 12.1 Å². The van der Waals surface area contributed by atoms with Crippen LogP contribution in [0.3, 0.4) is 0 Å². The minimum atomic E-state index is -5.01. The maximum absolute atomic E-state index is 12.6. The number of nitrogens with zero attached hydrogens (tertiary/aromatic N) is 1. The van der Waals surface area contributed by atoms with E-state index >= 15 is 0 Å². The Kier molecular flexibility index (Phi) is 3.71. The fourth-order valence-corrected chi connectivity index (χ4v) is 1.23. The van der Waals surface area contributed by atoms with Crippen LogP contribution in [0.1, 0.15) is 17.6 Å². The van der Waals surface area contributed by atoms with Crippen LogP contribution < -0.4 is 16.2 Å². The van der Waals surface area contributed by atoms with E-state index in [1.54, 1.807) is 0 Å². The molecule has 9 heteroatoms. The van der Waals surface area contributed by atoms with Crippen LogP contribution in [0.2, 0.25) is 0 Å². The summed E-state index contributed by atoms with van der Waals surface area (Å²) in [7, 11) is 0. The minimum absolute atomic E-state index is 0.509. The van der Waals surface area contributed by atoms with Crippen LogP contribution in [-0.2, 0) is 6.54 Å². The topological polar surface area (TPSA) is 74.2 Å². The Morgan fingerprint density at radius 3 is 2.35 bits per heavy atom. The second-order valence-corrected chi connectivity index (χ2v) is 2.95. The molecule has 4 nitrogen and oxygen atoms in total. The third-order valence-corrected chi connectivity index (χ3v) is 1.87. The predicted molar refractivity (Wildman–Crippen MR) is 48.2 cm³/mol. The number of hydrogen-bond acceptors (Lipinski definition) is 4. The Hall–Kier alpha value is -1.64. The number of ether oxygens (including phenoxy) is 1. The van der Waals surface area contributed by atoms with Gasteiger partial charge in [-0.15, -0.1) is 13.2 Å². The summed E-state index contributed by atoms with van der Waals surface area (Å²) in [4.78, 5) is 3.21. The molecular formula is C8H8F5N3O. The molecule has 0 aliphatic heterocycles. The van der Waals surface area contributed by atoms with Gasteiger partial charge in [0.2, 0.25) is 0 Å². The van der Waals surface area contributed by atoms with Crippen LogP contribution in [0.4, 0.5) is 27.8 Å². The van der Waals surface area contributed by atoms with E-state index < -0.39 is 42.0 Å². The number of rotatable bonds is 3. The Balaban J connectivity index is 3.28. The van der Waals surface area contributed by atoms with Crippen LogP contribution in [-0.4, -0.2) is 11.3 Å². The first-order valence-corrected chi connectivity index (χ1v) is 4.27. The molecule has 0 aromatic carbocycles. The summed E-state index contributed by atoms with van der Waals surface area (Å²) in [6.45, 7) is -0.572. The summed E-state index contributed by atoms with van der Waals surface area (Å²) in [6, 6.07) is 0. The molecule has 1 heterocycles. The van der Waals surface area contributed by atoms with E-state index in [0.29, 0.717) is 6.20 Å². The number of halogens is 5. The maximum atomic E-state index is 12.6. The van der Waals surface area contributed by atoms with Crippen molar-refractivity contribution in [2.75, 3.05) is 5.73 Å². The molecule has 0 unspecified atom stereocenters. The summed E-state index contributed by atoms with van der Waals surface area (Å²) < 4.78 is 64.6. The van der Waals surface area contributed by atoms with Crippen LogP contribution in [0.15, 0.2) is 6.20 Å². The zero-order chi connectivity index (χ0) is 13.2. The molecule has 17 heavy (non-hydrogen) atoms. The number of hydrogen-bond donors (Lipinski definition) is 2. The zero-order valence-corrected chi connectivity index (χ0v) is 8.26. The lowest BCUT2D eigenvalue weighted by atomic mass is 10.1. The van der Waals surface area contributed by atoms with Gasteiger partial charge in [-0.25, -0.2) is 13.8 Å². The molecule has 1 aromatic rings. The monoisotopic (exact) mass is 257 g/mol. The van der Waals surface area contributed by atoms with Gasteiger partial charge in [-0.2, -0.15) is 0 Å². The Morgan fingerprint density at radius 1 is 1.35 bits per heavy atom. The Labute approximate surface area is 92.4 Å². The third kappa shape index (κ3) is 3.16. The van der Waals surface area contributed by atoms with Gasteiger partial charge in [-0.1, -0.05) is 0 Å². The first-order valence-electron chi connectivity index (χ1n) is 4.27. The molecule has 0 atom stereocenters. The fourth-order valence-electron chi connectivity index (χ4n) is 1.23. The quantitative estimate of drug-likeness (QED) is 0.812. The molecule has 0 amide bonds. The lowest BCUT2D eigenvalue weighted by Gasteiger charge is -2.16. The van der Waals surface area contributed by atoms with E-state index in [1.807, 2.05) is 0 Å². The van der Waals surface area contributed by atoms with Gasteiger partial charge < -0.3 is 16.2 Å². The third-order valence-electron chi connectivity index (χ3n) is 1.87. The van der Waals surface area contributed by atoms with Crippen molar-refractivity contribution in [3.8, 4) is 5.75 Å². The molecule has 1 rings (SSSR count). The van der Waals surface area contributed by atoms with Crippen molar-refractivity contribution in [3.05, 3.63) is 17.3 Å². The summed E-state index contributed by atoms with van der Waals surface area (Å²) in [6.07, 6.45) is -7.49. The van der Waals surface area contributed by atoms with Gasteiger partial charge in [0.15, 0.2) is 5.75 Å². The molecule has 0 saturated carbocycles. The van der Waals surface area contributed by atoms with Crippen molar-refractivity contribution in [1.82, 2.24) is 4.98 Å². The number of anilines is 1. The summed E-state index contributed by atoms with van der Waals surface area (Å²) in [5, 5.41) is 0. The highest BCUT2D eigenvalue weighted by Crippen LogP contribution is 2.35. The average molecular weight is 257 g/mol. The maximum Gasteiger partial charge on any atom is 0.573 e. The lowest BCUT2D eigenvalue weighted by Crippen LogP contribution is -2.20. The van der Waals surface area contributed by atoms with Gasteiger partial charge >= 0.3 is 6.36 Å². The zero-order valence-electron chi connectivity index (χ0n) is 8.26. The smallest absolute Gasteiger partial charge is 0.404 e. The van der Waals surface area contributed by atoms with Crippen molar-refractivity contribution in [2.24, 2.45) is 5.73 Å². The van der Waals surface area contributed by atoms with Crippen LogP contribution in [0.25, 0.3) is 0 Å². The van der Waals surface area contributed by atoms with Gasteiger partial charge in [0.1, 0.15) is 5.82 Å². The summed E-state index contributed by atoms with van der Waals surface area (Å²) >= 11 is 0. The molecule has 0 aliphatic rings. The van der Waals surface area contributed by atoms with Crippen molar-refractivity contribution in [1.29, 1.82) is 0 Å². The van der Waals surface area contributed by atoms with Crippen LogP contribution >= 0.6 is 0 Å². The highest BCUT2D eigenvalue weighted by atomic mass is 19.4. The van der Waals surface area contributed by atoms with Crippen molar-refractivity contribution in [3.63, 3.8) is 0 Å². The molecule has 4 N–H and O–H groups in total. The summed E-state index contributed by atoms with van der Waals surface area (Å²) in [5.74, 6) is -1.44. The highest BCUT2D eigenvalue weighted by molar-refractivity contribution is 5.51. The van der Waals surface area contributed by atoms with Crippen LogP contribution in [0.5, 0.6) is 5.75 Å². The van der Waals surface area contributed by atoms with E-state index in [-0.39, 0.29) is 0 Å². The number of alkyl halides is 5. The van der Waals surface area contributed by atoms with E-state index in [1.165, 1.54) is 0 Å². The van der Waals surface area contributed by atoms with Gasteiger partial charge in [0.25, 0.3) is 6.43 Å². The number of aromatic nitrogens is 1. The van der Waals surface area contributed by atoms with Crippen molar-refractivity contribution in [2.45, 2.75) is 19.3 Å². The molecule has 0 aliphatic carbocycles. The average Bonchev–Trinajstić information content (AvgIpc) is 2.17. The molecule has 0 saturated heterocycles. The predicted octanol–water partition coefficient (Wildman–Crippen LogP) is 1.96. The van der Waals surface area contributed by atoms with E-state index in [9.17, 15) is 22.0 Å². The van der Waals surface area contributed by atoms with Crippen LogP contribution in [0, 0.1) is 0 Å². The molecular weight excluding hydrogens is 249 g/mol. The first-order chi connectivity index (χ1) is 7.76. The van der Waals surface area contributed by atoms with Crippen molar-refractivity contribution < 1.29 is 26.7 Å². The second kappa shape index (κ2) is 4.70. The fraction of sp³-hybridized carbons (Fsp3) is 0.375.